The zero-order valence-electron chi connectivity index (χ0n) is 16.6. The molecule has 4 rings (SSSR count). The number of rotatable bonds is 6. The highest BCUT2D eigenvalue weighted by Gasteiger charge is 2.46. The summed E-state index contributed by atoms with van der Waals surface area (Å²) in [4.78, 5) is 41.6. The summed E-state index contributed by atoms with van der Waals surface area (Å²) in [5.41, 5.74) is 2.20. The second kappa shape index (κ2) is 9.14. The van der Waals surface area contributed by atoms with E-state index in [4.69, 9.17) is 0 Å². The Balaban J connectivity index is 1.58. The second-order valence-electron chi connectivity index (χ2n) is 7.16. The van der Waals surface area contributed by atoms with Gasteiger partial charge in [-0.05, 0) is 39.2 Å². The minimum Gasteiger partial charge on any atom is -0.324 e. The highest BCUT2D eigenvalue weighted by Crippen LogP contribution is 2.32. The van der Waals surface area contributed by atoms with Crippen molar-refractivity contribution in [1.29, 1.82) is 0 Å². The molecule has 1 unspecified atom stereocenters. The van der Waals surface area contributed by atoms with Crippen molar-refractivity contribution in [3.63, 3.8) is 0 Å². The predicted octanol–water partition coefficient (Wildman–Crippen LogP) is 4.59. The summed E-state index contributed by atoms with van der Waals surface area (Å²) in [7, 11) is 0. The summed E-state index contributed by atoms with van der Waals surface area (Å²) in [5.74, 6) is -0.851. The van der Waals surface area contributed by atoms with Crippen molar-refractivity contribution in [3.05, 3.63) is 101 Å². The number of urea groups is 1. The highest BCUT2D eigenvalue weighted by atomic mass is 79.9. The Morgan fingerprint density at radius 2 is 1.48 bits per heavy atom. The first-order chi connectivity index (χ1) is 15.0. The zero-order valence-corrected chi connectivity index (χ0v) is 18.2. The molecule has 0 aliphatic carbocycles. The standard InChI is InChI=1S/C24H20BrN3O3/c25-19-13-7-8-14-20(19)26-21(29)16-28-23(30)22(18-11-5-2-6-12-18)27(24(28)31)15-17-9-3-1-4-10-17/h1-14,22H,15-16H2,(H,26,29). The van der Waals surface area contributed by atoms with E-state index in [2.05, 4.69) is 21.2 Å². The maximum Gasteiger partial charge on any atom is 0.328 e. The lowest BCUT2D eigenvalue weighted by Crippen LogP contribution is -2.38. The molecule has 1 fully saturated rings. The van der Waals surface area contributed by atoms with Crippen LogP contribution in [0.25, 0.3) is 0 Å². The molecule has 3 aromatic rings. The SMILES string of the molecule is O=C(CN1C(=O)C(c2ccccc2)N(Cc2ccccc2)C1=O)Nc1ccccc1Br. The minimum atomic E-state index is -0.773. The summed E-state index contributed by atoms with van der Waals surface area (Å²) in [5, 5.41) is 2.75. The molecule has 0 saturated carbocycles. The number of hydrogen-bond donors (Lipinski definition) is 1. The van der Waals surface area contributed by atoms with Gasteiger partial charge in [0.25, 0.3) is 5.91 Å². The normalized spacial score (nSPS) is 16.0. The van der Waals surface area contributed by atoms with Crippen LogP contribution in [-0.4, -0.2) is 34.2 Å². The van der Waals surface area contributed by atoms with Gasteiger partial charge in [0.05, 0.1) is 5.69 Å². The molecule has 156 valence electrons. The fourth-order valence-corrected chi connectivity index (χ4v) is 3.96. The van der Waals surface area contributed by atoms with Gasteiger partial charge in [0.1, 0.15) is 12.6 Å². The van der Waals surface area contributed by atoms with Gasteiger partial charge in [-0.1, -0.05) is 72.8 Å². The molecule has 1 aliphatic heterocycles. The maximum absolute atomic E-state index is 13.2. The summed E-state index contributed by atoms with van der Waals surface area (Å²) in [6.07, 6.45) is 0. The van der Waals surface area contributed by atoms with Gasteiger partial charge in [0.2, 0.25) is 5.91 Å². The van der Waals surface area contributed by atoms with E-state index < -0.39 is 23.9 Å². The molecular weight excluding hydrogens is 458 g/mol. The van der Waals surface area contributed by atoms with Crippen LogP contribution in [0.4, 0.5) is 10.5 Å². The molecule has 1 saturated heterocycles. The smallest absolute Gasteiger partial charge is 0.324 e. The Morgan fingerprint density at radius 3 is 2.16 bits per heavy atom. The third-order valence-corrected chi connectivity index (χ3v) is 5.74. The molecule has 0 radical (unpaired) electrons. The number of nitrogens with zero attached hydrogens (tertiary/aromatic N) is 2. The van der Waals surface area contributed by atoms with E-state index in [1.165, 1.54) is 4.90 Å². The Morgan fingerprint density at radius 1 is 0.871 bits per heavy atom. The van der Waals surface area contributed by atoms with E-state index in [0.29, 0.717) is 11.3 Å². The van der Waals surface area contributed by atoms with E-state index in [1.54, 1.807) is 18.2 Å². The second-order valence-corrected chi connectivity index (χ2v) is 8.02. The number of carbonyl (C=O) groups excluding carboxylic acids is 3. The summed E-state index contributed by atoms with van der Waals surface area (Å²) < 4.78 is 0.718. The number of para-hydroxylation sites is 1. The fraction of sp³-hybridized carbons (Fsp3) is 0.125. The van der Waals surface area contributed by atoms with Gasteiger partial charge in [0.15, 0.2) is 0 Å². The van der Waals surface area contributed by atoms with Crippen LogP contribution in [0.3, 0.4) is 0 Å². The van der Waals surface area contributed by atoms with Crippen LogP contribution >= 0.6 is 15.9 Å². The Labute approximate surface area is 188 Å². The van der Waals surface area contributed by atoms with Gasteiger partial charge in [0, 0.05) is 11.0 Å². The molecular formula is C24H20BrN3O3. The molecule has 3 aromatic carbocycles. The molecule has 1 heterocycles. The summed E-state index contributed by atoms with van der Waals surface area (Å²) in [6.45, 7) is -0.0824. The van der Waals surface area contributed by atoms with Crippen LogP contribution < -0.4 is 5.32 Å². The van der Waals surface area contributed by atoms with E-state index in [1.807, 2.05) is 66.7 Å². The molecule has 1 aliphatic rings. The maximum atomic E-state index is 13.2. The minimum absolute atomic E-state index is 0.271. The number of hydrogen-bond acceptors (Lipinski definition) is 3. The lowest BCUT2D eigenvalue weighted by atomic mass is 10.1. The average molecular weight is 478 g/mol. The molecule has 0 aromatic heterocycles. The van der Waals surface area contributed by atoms with E-state index in [-0.39, 0.29) is 13.1 Å². The third kappa shape index (κ3) is 4.51. The van der Waals surface area contributed by atoms with Crippen LogP contribution in [0, 0.1) is 0 Å². The predicted molar refractivity (Wildman–Crippen MR) is 121 cm³/mol. The van der Waals surface area contributed by atoms with Crippen molar-refractivity contribution in [2.75, 3.05) is 11.9 Å². The molecule has 0 bridgehead atoms. The van der Waals surface area contributed by atoms with Gasteiger partial charge < -0.3 is 10.2 Å². The van der Waals surface area contributed by atoms with Crippen molar-refractivity contribution < 1.29 is 14.4 Å². The van der Waals surface area contributed by atoms with Crippen LogP contribution in [0.2, 0.25) is 0 Å². The molecule has 31 heavy (non-hydrogen) atoms. The van der Waals surface area contributed by atoms with Crippen molar-refractivity contribution >= 4 is 39.5 Å². The number of carbonyl (C=O) groups is 3. The monoisotopic (exact) mass is 477 g/mol. The third-order valence-electron chi connectivity index (χ3n) is 5.05. The Kier molecular flexibility index (Phi) is 6.13. The van der Waals surface area contributed by atoms with E-state index in [0.717, 1.165) is 14.9 Å². The van der Waals surface area contributed by atoms with Crippen molar-refractivity contribution in [2.24, 2.45) is 0 Å². The van der Waals surface area contributed by atoms with Crippen LogP contribution in [0.1, 0.15) is 17.2 Å². The van der Waals surface area contributed by atoms with Gasteiger partial charge in [-0.25, -0.2) is 4.79 Å². The number of imide groups is 1. The van der Waals surface area contributed by atoms with Crippen LogP contribution in [-0.2, 0) is 16.1 Å². The molecule has 0 spiro atoms. The lowest BCUT2D eigenvalue weighted by Gasteiger charge is -2.22. The van der Waals surface area contributed by atoms with Crippen LogP contribution in [0.15, 0.2) is 89.4 Å². The van der Waals surface area contributed by atoms with Crippen molar-refractivity contribution in [2.45, 2.75) is 12.6 Å². The average Bonchev–Trinajstić information content (AvgIpc) is 3.01. The molecule has 6 nitrogen and oxygen atoms in total. The first-order valence-electron chi connectivity index (χ1n) is 9.80. The number of nitrogens with one attached hydrogen (secondary N) is 1. The molecule has 1 N–H and O–H groups in total. The van der Waals surface area contributed by atoms with Gasteiger partial charge >= 0.3 is 6.03 Å². The Bertz CT molecular complexity index is 1110. The van der Waals surface area contributed by atoms with Crippen molar-refractivity contribution in [3.8, 4) is 0 Å². The highest BCUT2D eigenvalue weighted by molar-refractivity contribution is 9.10. The van der Waals surface area contributed by atoms with Crippen molar-refractivity contribution in [1.82, 2.24) is 9.80 Å². The fourth-order valence-electron chi connectivity index (χ4n) is 3.58. The number of anilines is 1. The molecule has 7 heteroatoms. The zero-order chi connectivity index (χ0) is 21.8. The van der Waals surface area contributed by atoms with E-state index in [9.17, 15) is 14.4 Å². The van der Waals surface area contributed by atoms with Gasteiger partial charge in [-0.3, -0.25) is 14.5 Å². The number of halogens is 1. The Hall–Kier alpha value is -3.45. The summed E-state index contributed by atoms with van der Waals surface area (Å²) >= 11 is 3.38. The molecule has 4 amide bonds. The topological polar surface area (TPSA) is 69.7 Å². The first kappa shape index (κ1) is 20.8. The first-order valence-corrected chi connectivity index (χ1v) is 10.6. The summed E-state index contributed by atoms with van der Waals surface area (Å²) in [6, 6.07) is 24.5. The largest absolute Gasteiger partial charge is 0.328 e. The van der Waals surface area contributed by atoms with Gasteiger partial charge in [-0.2, -0.15) is 0 Å². The lowest BCUT2D eigenvalue weighted by molar-refractivity contribution is -0.131. The van der Waals surface area contributed by atoms with E-state index >= 15 is 0 Å². The number of benzene rings is 3. The van der Waals surface area contributed by atoms with Crippen LogP contribution in [0.5, 0.6) is 0 Å². The quantitative estimate of drug-likeness (QED) is 0.527. The molecule has 1 atom stereocenters. The number of amides is 4. The van der Waals surface area contributed by atoms with Gasteiger partial charge in [-0.15, -0.1) is 0 Å².